The number of nitrogens with one attached hydrogen (secondary N) is 2. The summed E-state index contributed by atoms with van der Waals surface area (Å²) >= 11 is 0. The molecule has 1 fully saturated rings. The van der Waals surface area contributed by atoms with Crippen LogP contribution in [0.4, 0.5) is 4.53 Å². The van der Waals surface area contributed by atoms with Crippen LogP contribution >= 0.6 is 0 Å². The first kappa shape index (κ1) is 30.7. The zero-order valence-electron chi connectivity index (χ0n) is 22.3. The number of carbonyl (C=O) groups excluding carboxylic acids is 1. The average molecular weight is 528 g/mol. The number of nitrogens with zero attached hydrogens (tertiary/aromatic N) is 4. The number of nitrogens with two attached hydrogens (primary N) is 1. The number of primary amides is 1. The molecule has 1 aromatic heterocycles. The number of halogens is 1. The molecule has 1 amide bonds. The zero-order valence-corrected chi connectivity index (χ0v) is 22.3. The lowest BCUT2D eigenvalue weighted by Gasteiger charge is -2.16. The molecule has 1 aromatic carbocycles. The van der Waals surface area contributed by atoms with E-state index in [1.165, 1.54) is 18.4 Å². The maximum atomic E-state index is 12.3. The Balaban J connectivity index is 0.00000161. The van der Waals surface area contributed by atoms with E-state index >= 15 is 0 Å². The summed E-state index contributed by atoms with van der Waals surface area (Å²) in [5.41, 5.74) is 10.1. The first-order valence-electron chi connectivity index (χ1n) is 12.5. The number of aliphatic imine (C=N–C) groups is 2. The van der Waals surface area contributed by atoms with Crippen LogP contribution in [0.25, 0.3) is 17.0 Å². The van der Waals surface area contributed by atoms with Crippen LogP contribution in [0.2, 0.25) is 0 Å². The third-order valence-electron chi connectivity index (χ3n) is 5.70. The van der Waals surface area contributed by atoms with E-state index in [2.05, 4.69) is 72.5 Å². The van der Waals surface area contributed by atoms with Crippen molar-refractivity contribution in [1.29, 1.82) is 0 Å². The van der Waals surface area contributed by atoms with Crippen LogP contribution in [0.3, 0.4) is 0 Å². The summed E-state index contributed by atoms with van der Waals surface area (Å²) < 4.78 is 17.9. The van der Waals surface area contributed by atoms with Gasteiger partial charge in [0.2, 0.25) is 6.41 Å². The second-order valence-electron chi connectivity index (χ2n) is 8.79. The molecule has 0 aliphatic heterocycles. The van der Waals surface area contributed by atoms with Gasteiger partial charge in [-0.05, 0) is 74.2 Å². The minimum atomic E-state index is -0.407. The molecule has 1 aliphatic rings. The van der Waals surface area contributed by atoms with Crippen LogP contribution in [0.15, 0.2) is 46.5 Å². The van der Waals surface area contributed by atoms with E-state index in [0.29, 0.717) is 31.5 Å². The smallest absolute Gasteiger partial charge is 0.204 e. The summed E-state index contributed by atoms with van der Waals surface area (Å²) in [6.07, 6.45) is 6.34. The van der Waals surface area contributed by atoms with Gasteiger partial charge in [-0.1, -0.05) is 12.1 Å². The Morgan fingerprint density at radius 3 is 2.71 bits per heavy atom. The molecule has 10 nitrogen and oxygen atoms in total. The van der Waals surface area contributed by atoms with Crippen molar-refractivity contribution < 1.29 is 19.0 Å². The zero-order chi connectivity index (χ0) is 27.8. The van der Waals surface area contributed by atoms with Crippen molar-refractivity contribution in [1.82, 2.24) is 20.8 Å². The Hall–Kier alpha value is -3.54. The first-order chi connectivity index (χ1) is 18.5. The Labute approximate surface area is 223 Å². The number of rotatable bonds is 14. The SMILES string of the molecule is C=NC(/C=C(\NCCOCCNC)c1cc(-c2cc(C3CC3)cnn2)ccc1C)=NC(C)COF.NC=O. The number of benzene rings is 1. The molecular formula is C27H38FN7O3. The van der Waals surface area contributed by atoms with Crippen molar-refractivity contribution in [2.75, 3.05) is 40.0 Å². The van der Waals surface area contributed by atoms with E-state index in [0.717, 1.165) is 34.6 Å². The van der Waals surface area contributed by atoms with Crippen molar-refractivity contribution in [3.05, 3.63) is 53.2 Å². The monoisotopic (exact) mass is 527 g/mol. The summed E-state index contributed by atoms with van der Waals surface area (Å²) in [4.78, 5) is 20.8. The molecule has 4 N–H and O–H groups in total. The fourth-order valence-electron chi connectivity index (χ4n) is 3.60. The molecule has 0 spiro atoms. The summed E-state index contributed by atoms with van der Waals surface area (Å²) in [7, 11) is 1.89. The molecule has 1 atom stereocenters. The van der Waals surface area contributed by atoms with Gasteiger partial charge in [-0.25, -0.2) is 4.99 Å². The highest BCUT2D eigenvalue weighted by Crippen LogP contribution is 2.40. The van der Waals surface area contributed by atoms with E-state index in [-0.39, 0.29) is 13.0 Å². The maximum absolute atomic E-state index is 12.3. The summed E-state index contributed by atoms with van der Waals surface area (Å²) in [6, 6.07) is 7.93. The van der Waals surface area contributed by atoms with Crippen LogP contribution in [0, 0.1) is 6.92 Å². The number of carbonyl (C=O) groups is 1. The van der Waals surface area contributed by atoms with Crippen LogP contribution in [-0.4, -0.2) is 75.2 Å². The van der Waals surface area contributed by atoms with Gasteiger partial charge >= 0.3 is 0 Å². The largest absolute Gasteiger partial charge is 0.382 e. The minimum absolute atomic E-state index is 0.153. The molecule has 11 heteroatoms. The van der Waals surface area contributed by atoms with Gasteiger partial charge in [-0.15, -0.1) is 0 Å². The molecule has 2 aromatic rings. The summed E-state index contributed by atoms with van der Waals surface area (Å²) in [5.74, 6) is 0.982. The molecule has 3 rings (SSSR count). The van der Waals surface area contributed by atoms with Crippen LogP contribution in [0.1, 0.15) is 42.4 Å². The highest BCUT2D eigenvalue weighted by Gasteiger charge is 2.24. The van der Waals surface area contributed by atoms with Gasteiger partial charge in [-0.3, -0.25) is 9.79 Å². The average Bonchev–Trinajstić information content (AvgIpc) is 3.76. The fourth-order valence-corrected chi connectivity index (χ4v) is 3.60. The normalized spacial score (nSPS) is 14.3. The van der Waals surface area contributed by atoms with Crippen molar-refractivity contribution in [2.24, 2.45) is 15.7 Å². The lowest BCUT2D eigenvalue weighted by Crippen LogP contribution is -2.22. The minimum Gasteiger partial charge on any atom is -0.382 e. The van der Waals surface area contributed by atoms with E-state index < -0.39 is 6.04 Å². The number of hydrogen-bond acceptors (Lipinski definition) is 8. The Morgan fingerprint density at radius 2 is 2.05 bits per heavy atom. The number of likely N-dealkylation sites (N-methyl/N-ethyl adjacent to an activating group) is 1. The lowest BCUT2D eigenvalue weighted by molar-refractivity contribution is -0.135. The van der Waals surface area contributed by atoms with Gasteiger partial charge in [0.25, 0.3) is 0 Å². The Morgan fingerprint density at radius 1 is 1.32 bits per heavy atom. The second-order valence-corrected chi connectivity index (χ2v) is 8.79. The van der Waals surface area contributed by atoms with E-state index in [1.54, 1.807) is 6.92 Å². The van der Waals surface area contributed by atoms with E-state index in [4.69, 9.17) is 9.53 Å². The highest BCUT2D eigenvalue weighted by molar-refractivity contribution is 6.01. The molecule has 1 saturated carbocycles. The van der Waals surface area contributed by atoms with Gasteiger partial charge < -0.3 is 21.1 Å². The Kier molecular flexibility index (Phi) is 13.8. The molecule has 206 valence electrons. The molecule has 38 heavy (non-hydrogen) atoms. The predicted molar refractivity (Wildman–Crippen MR) is 149 cm³/mol. The van der Waals surface area contributed by atoms with Crippen molar-refractivity contribution in [3.8, 4) is 11.3 Å². The highest BCUT2D eigenvalue weighted by atomic mass is 19.3. The predicted octanol–water partition coefficient (Wildman–Crippen LogP) is 2.99. The summed E-state index contributed by atoms with van der Waals surface area (Å²) in [5, 5.41) is 15.1. The number of amidine groups is 1. The standard InChI is InChI=1S/C26H35FN6O2.CH3NO/c1-18-5-6-21(24-14-22(16-31-33-24)20-7-8-20)13-23(18)25(30-10-12-34-11-9-28-3)15-26(29-4)32-19(2)17-35-27;2-1-3/h5-6,13-16,19-20,28,30H,4,7-12,17H2,1-3H3;1H,(H2,2,3)/b25-15-,32-26?;. The Bertz CT molecular complexity index is 1090. The fraction of sp³-hybridized carbons (Fsp3) is 0.444. The van der Waals surface area contributed by atoms with Gasteiger partial charge in [0.15, 0.2) is 0 Å². The van der Waals surface area contributed by atoms with Gasteiger partial charge in [0.1, 0.15) is 12.4 Å². The van der Waals surface area contributed by atoms with Crippen LogP contribution in [0.5, 0.6) is 0 Å². The topological polar surface area (TPSA) is 136 Å². The van der Waals surface area contributed by atoms with Crippen molar-refractivity contribution in [3.63, 3.8) is 0 Å². The van der Waals surface area contributed by atoms with E-state index in [9.17, 15) is 4.53 Å². The second kappa shape index (κ2) is 17.1. The lowest BCUT2D eigenvalue weighted by atomic mass is 9.99. The molecule has 1 aliphatic carbocycles. The summed E-state index contributed by atoms with van der Waals surface area (Å²) in [6.45, 7) is 9.81. The maximum Gasteiger partial charge on any atom is 0.204 e. The third-order valence-corrected chi connectivity index (χ3v) is 5.70. The molecule has 1 heterocycles. The number of aromatic nitrogens is 2. The first-order valence-corrected chi connectivity index (χ1v) is 12.5. The quantitative estimate of drug-likeness (QED) is 0.149. The van der Waals surface area contributed by atoms with E-state index in [1.807, 2.05) is 26.2 Å². The van der Waals surface area contributed by atoms with Gasteiger partial charge in [-0.2, -0.15) is 15.1 Å². The molecule has 1 unspecified atom stereocenters. The van der Waals surface area contributed by atoms with Gasteiger partial charge in [0.05, 0.1) is 31.1 Å². The number of amides is 1. The molecule has 0 radical (unpaired) electrons. The molecule has 0 saturated heterocycles. The number of aryl methyl sites for hydroxylation is 1. The third kappa shape index (κ3) is 10.4. The van der Waals surface area contributed by atoms with Crippen molar-refractivity contribution >= 4 is 24.7 Å². The molecule has 0 bridgehead atoms. The number of hydrogen-bond donors (Lipinski definition) is 3. The number of ether oxygens (including phenoxy) is 1. The van der Waals surface area contributed by atoms with Crippen molar-refractivity contribution in [2.45, 2.75) is 38.6 Å². The van der Waals surface area contributed by atoms with Crippen LogP contribution < -0.4 is 16.4 Å². The van der Waals surface area contributed by atoms with Gasteiger partial charge in [0, 0.05) is 36.0 Å². The molecular weight excluding hydrogens is 489 g/mol. The van der Waals surface area contributed by atoms with Crippen LogP contribution in [-0.2, 0) is 14.5 Å².